The zero-order valence-corrected chi connectivity index (χ0v) is 20.0. The highest BCUT2D eigenvalue weighted by atomic mass is 19.1. The molecule has 0 fully saturated rings. The third-order valence-corrected chi connectivity index (χ3v) is 6.21. The van der Waals surface area contributed by atoms with Crippen LogP contribution in [0, 0.1) is 12.7 Å². The van der Waals surface area contributed by atoms with Gasteiger partial charge in [-0.15, -0.1) is 0 Å². The van der Waals surface area contributed by atoms with Crippen LogP contribution < -0.4 is 14.6 Å². The van der Waals surface area contributed by atoms with Gasteiger partial charge in [-0.3, -0.25) is 9.78 Å². The number of fused-ring (bicyclic) bond motifs is 1. The lowest BCUT2D eigenvalue weighted by Crippen LogP contribution is -2.34. The second-order valence-electron chi connectivity index (χ2n) is 8.23. The molecule has 7 nitrogen and oxygen atoms in total. The fourth-order valence-electron chi connectivity index (χ4n) is 4.35. The maximum atomic E-state index is 14.6. The number of aromatic nitrogens is 4. The Hall–Kier alpha value is -4.72. The average molecular weight is 481 g/mol. The molecule has 3 aromatic heterocycles. The van der Waals surface area contributed by atoms with Crippen molar-refractivity contribution >= 4 is 29.0 Å². The number of ether oxygens (including phenoxy) is 1. The highest BCUT2D eigenvalue weighted by Crippen LogP contribution is 2.34. The third-order valence-electron chi connectivity index (χ3n) is 6.21. The summed E-state index contributed by atoms with van der Waals surface area (Å²) in [7, 11) is 3.38. The minimum Gasteiger partial charge on any atom is -0.496 e. The normalized spacial score (nSPS) is 10.9. The Morgan fingerprint density at radius 3 is 2.56 bits per heavy atom. The Morgan fingerprint density at radius 2 is 1.75 bits per heavy atom. The fraction of sp³-hybridized carbons (Fsp3) is 0.107. The third kappa shape index (κ3) is 4.02. The van der Waals surface area contributed by atoms with Gasteiger partial charge in [-0.25, -0.2) is 24.2 Å². The van der Waals surface area contributed by atoms with Crippen LogP contribution in [0.5, 0.6) is 5.75 Å². The van der Waals surface area contributed by atoms with E-state index in [4.69, 9.17) is 4.74 Å². The SMILES string of the molecule is COc1cc(-c2cccc(-c3cccc(Nc4nccc5nccnc45)[n+]3C)c2C)cc(F)c1C=O. The second kappa shape index (κ2) is 9.50. The van der Waals surface area contributed by atoms with Crippen molar-refractivity contribution in [2.75, 3.05) is 12.4 Å². The van der Waals surface area contributed by atoms with E-state index in [0.717, 1.165) is 33.7 Å². The average Bonchev–Trinajstić information content (AvgIpc) is 2.90. The Bertz CT molecular complexity index is 1610. The molecule has 0 aliphatic heterocycles. The summed E-state index contributed by atoms with van der Waals surface area (Å²) in [5.74, 6) is 1.00. The van der Waals surface area contributed by atoms with Crippen molar-refractivity contribution in [1.29, 1.82) is 0 Å². The van der Waals surface area contributed by atoms with E-state index >= 15 is 0 Å². The molecule has 0 aliphatic carbocycles. The van der Waals surface area contributed by atoms with Gasteiger partial charge in [0.15, 0.2) is 11.8 Å². The number of nitrogens with one attached hydrogen (secondary N) is 1. The first-order valence-corrected chi connectivity index (χ1v) is 11.3. The van der Waals surface area contributed by atoms with Crippen LogP contribution in [0.1, 0.15) is 15.9 Å². The van der Waals surface area contributed by atoms with Gasteiger partial charge < -0.3 is 4.74 Å². The Morgan fingerprint density at radius 1 is 0.972 bits per heavy atom. The van der Waals surface area contributed by atoms with E-state index in [-0.39, 0.29) is 11.3 Å². The number of carbonyl (C=O) groups excluding carboxylic acids is 1. The van der Waals surface area contributed by atoms with Gasteiger partial charge in [-0.1, -0.05) is 18.2 Å². The van der Waals surface area contributed by atoms with E-state index in [0.29, 0.717) is 23.2 Å². The second-order valence-corrected chi connectivity index (χ2v) is 8.23. The first-order chi connectivity index (χ1) is 17.5. The van der Waals surface area contributed by atoms with E-state index in [1.54, 1.807) is 24.7 Å². The van der Waals surface area contributed by atoms with Crippen molar-refractivity contribution in [1.82, 2.24) is 15.0 Å². The number of pyridine rings is 2. The van der Waals surface area contributed by atoms with E-state index in [1.807, 2.05) is 61.0 Å². The molecule has 2 aromatic carbocycles. The van der Waals surface area contributed by atoms with Gasteiger partial charge in [0.2, 0.25) is 5.82 Å². The number of nitrogens with zero attached hydrogens (tertiary/aromatic N) is 4. The first-order valence-electron chi connectivity index (χ1n) is 11.3. The van der Waals surface area contributed by atoms with Crippen molar-refractivity contribution in [3.8, 4) is 28.1 Å². The van der Waals surface area contributed by atoms with Gasteiger partial charge >= 0.3 is 0 Å². The standard InChI is InChI=1S/C28H22FN5O2/c1-17-19(18-14-22(29)21(16-35)25(15-18)36-3)6-4-7-20(17)24-8-5-9-26(34(24)2)33-28-27-23(10-11-32-28)30-12-13-31-27/h4-16H,1-3H3/p+1. The number of rotatable bonds is 6. The van der Waals surface area contributed by atoms with Crippen molar-refractivity contribution in [2.24, 2.45) is 7.05 Å². The molecule has 0 unspecified atom stereocenters. The van der Waals surface area contributed by atoms with Crippen LogP contribution in [0.2, 0.25) is 0 Å². The van der Waals surface area contributed by atoms with E-state index < -0.39 is 5.82 Å². The maximum absolute atomic E-state index is 14.6. The lowest BCUT2D eigenvalue weighted by molar-refractivity contribution is -0.645. The molecule has 178 valence electrons. The summed E-state index contributed by atoms with van der Waals surface area (Å²) in [6.45, 7) is 1.99. The van der Waals surface area contributed by atoms with Crippen LogP contribution in [-0.4, -0.2) is 28.3 Å². The maximum Gasteiger partial charge on any atom is 0.281 e. The minimum atomic E-state index is -0.619. The van der Waals surface area contributed by atoms with Gasteiger partial charge in [0.25, 0.3) is 5.82 Å². The Balaban J connectivity index is 1.58. The molecule has 0 saturated heterocycles. The summed E-state index contributed by atoms with van der Waals surface area (Å²) >= 11 is 0. The number of hydrogen-bond donors (Lipinski definition) is 1. The summed E-state index contributed by atoms with van der Waals surface area (Å²) in [4.78, 5) is 24.5. The molecule has 0 amide bonds. The molecule has 0 saturated carbocycles. The molecular formula is C28H23FN5O2+. The van der Waals surface area contributed by atoms with Gasteiger partial charge in [0, 0.05) is 30.2 Å². The summed E-state index contributed by atoms with van der Waals surface area (Å²) in [5.41, 5.74) is 5.69. The molecular weight excluding hydrogens is 457 g/mol. The molecule has 36 heavy (non-hydrogen) atoms. The lowest BCUT2D eigenvalue weighted by atomic mass is 9.93. The minimum absolute atomic E-state index is 0.0908. The highest BCUT2D eigenvalue weighted by molar-refractivity contribution is 5.86. The van der Waals surface area contributed by atoms with E-state index in [9.17, 15) is 9.18 Å². The fourth-order valence-corrected chi connectivity index (χ4v) is 4.35. The van der Waals surface area contributed by atoms with Crippen LogP contribution in [0.25, 0.3) is 33.4 Å². The van der Waals surface area contributed by atoms with Crippen molar-refractivity contribution in [2.45, 2.75) is 6.92 Å². The number of methoxy groups -OCH3 is 1. The topological polar surface area (TPSA) is 80.9 Å². The van der Waals surface area contributed by atoms with E-state index in [2.05, 4.69) is 20.3 Å². The molecule has 0 spiro atoms. The van der Waals surface area contributed by atoms with Crippen molar-refractivity contribution in [3.63, 3.8) is 0 Å². The number of aldehydes is 1. The van der Waals surface area contributed by atoms with Crippen molar-refractivity contribution < 1.29 is 18.5 Å². The van der Waals surface area contributed by atoms with Gasteiger partial charge in [0.05, 0.1) is 25.2 Å². The van der Waals surface area contributed by atoms with Crippen LogP contribution in [-0.2, 0) is 7.05 Å². The number of anilines is 2. The molecule has 5 rings (SSSR count). The van der Waals surface area contributed by atoms with Gasteiger partial charge in [0.1, 0.15) is 17.3 Å². The number of carbonyl (C=O) groups is 1. The van der Waals surface area contributed by atoms with Crippen molar-refractivity contribution in [3.05, 3.63) is 90.1 Å². The van der Waals surface area contributed by atoms with Gasteiger partial charge in [-0.05, 0) is 53.9 Å². The molecule has 0 aliphatic rings. The molecule has 1 N–H and O–H groups in total. The smallest absolute Gasteiger partial charge is 0.281 e. The zero-order chi connectivity index (χ0) is 25.2. The predicted molar refractivity (Wildman–Crippen MR) is 136 cm³/mol. The van der Waals surface area contributed by atoms with Crippen LogP contribution >= 0.6 is 0 Å². The molecule has 0 radical (unpaired) electrons. The molecule has 0 bridgehead atoms. The summed E-state index contributed by atoms with van der Waals surface area (Å²) < 4.78 is 21.9. The Kier molecular flexibility index (Phi) is 6.08. The van der Waals surface area contributed by atoms with Crippen LogP contribution in [0.4, 0.5) is 16.0 Å². The molecule has 3 heterocycles. The summed E-state index contributed by atoms with van der Waals surface area (Å²) in [6.07, 6.45) is 5.45. The zero-order valence-electron chi connectivity index (χ0n) is 20.0. The quantitative estimate of drug-likeness (QED) is 0.266. The first kappa shape index (κ1) is 23.0. The number of halogens is 1. The Labute approximate surface area is 207 Å². The molecule has 8 heteroatoms. The molecule has 5 aromatic rings. The highest BCUT2D eigenvalue weighted by Gasteiger charge is 2.19. The number of benzene rings is 2. The monoisotopic (exact) mass is 480 g/mol. The van der Waals surface area contributed by atoms with Crippen LogP contribution in [0.3, 0.4) is 0 Å². The number of hydrogen-bond acceptors (Lipinski definition) is 6. The van der Waals surface area contributed by atoms with Crippen LogP contribution in [0.15, 0.2) is 73.2 Å². The summed E-state index contributed by atoms with van der Waals surface area (Å²) in [5, 5.41) is 3.38. The summed E-state index contributed by atoms with van der Waals surface area (Å²) in [6, 6.07) is 16.7. The predicted octanol–water partition coefficient (Wildman–Crippen LogP) is 5.20. The van der Waals surface area contributed by atoms with Gasteiger partial charge in [-0.2, -0.15) is 0 Å². The van der Waals surface area contributed by atoms with E-state index in [1.165, 1.54) is 13.2 Å². The lowest BCUT2D eigenvalue weighted by Gasteiger charge is -2.15. The largest absolute Gasteiger partial charge is 0.496 e. The molecule has 0 atom stereocenters.